The highest BCUT2D eigenvalue weighted by atomic mass is 19.1. The number of carbonyl (C=O) groups excluding carboxylic acids is 1. The van der Waals surface area contributed by atoms with E-state index in [0.29, 0.717) is 13.1 Å². The smallest absolute Gasteiger partial charge is 0.236 e. The zero-order valence-electron chi connectivity index (χ0n) is 14.3. The summed E-state index contributed by atoms with van der Waals surface area (Å²) >= 11 is 0. The van der Waals surface area contributed by atoms with Crippen LogP contribution in [-0.2, 0) is 11.2 Å². The van der Waals surface area contributed by atoms with E-state index in [4.69, 9.17) is 10.5 Å². The molecule has 2 rings (SSSR count). The molecule has 0 saturated carbocycles. The van der Waals surface area contributed by atoms with Crippen molar-refractivity contribution in [2.75, 3.05) is 26.2 Å². The van der Waals surface area contributed by atoms with Crippen LogP contribution in [0.3, 0.4) is 0 Å². The highest BCUT2D eigenvalue weighted by molar-refractivity contribution is 5.78. The van der Waals surface area contributed by atoms with Gasteiger partial charge in [-0.2, -0.15) is 10.5 Å². The molecule has 1 unspecified atom stereocenters. The first kappa shape index (κ1) is 18.9. The molecule has 25 heavy (non-hydrogen) atoms. The maximum absolute atomic E-state index is 13.4. The molecule has 1 fully saturated rings. The van der Waals surface area contributed by atoms with Gasteiger partial charge in [0.15, 0.2) is 0 Å². The van der Waals surface area contributed by atoms with Crippen molar-refractivity contribution in [1.29, 1.82) is 10.5 Å². The van der Waals surface area contributed by atoms with Gasteiger partial charge in [-0.05, 0) is 43.5 Å². The van der Waals surface area contributed by atoms with E-state index >= 15 is 0 Å². The van der Waals surface area contributed by atoms with E-state index in [1.54, 1.807) is 17.0 Å². The van der Waals surface area contributed by atoms with Gasteiger partial charge in [0.05, 0.1) is 31.5 Å². The summed E-state index contributed by atoms with van der Waals surface area (Å²) in [6, 6.07) is 10.9. The summed E-state index contributed by atoms with van der Waals surface area (Å²) in [6.45, 7) is 1.85. The lowest BCUT2D eigenvalue weighted by atomic mass is 10.0. The van der Waals surface area contributed by atoms with Gasteiger partial charge in [0, 0.05) is 19.1 Å². The molecule has 0 spiro atoms. The Morgan fingerprint density at radius 1 is 1.28 bits per heavy atom. The summed E-state index contributed by atoms with van der Waals surface area (Å²) in [4.78, 5) is 16.3. The molecule has 0 radical (unpaired) electrons. The second kappa shape index (κ2) is 9.76. The number of halogens is 1. The molecule has 1 aromatic rings. The van der Waals surface area contributed by atoms with Gasteiger partial charge in [0.25, 0.3) is 0 Å². The Morgan fingerprint density at radius 2 is 2.00 bits per heavy atom. The standard InChI is InChI=1S/C19H23FN4O/c20-17-6-1-5-16(13-17)14-18-7-2-10-24(18)15-19(25)23(11-3-8-21)12-4-9-22/h1,5-6,13,18H,2-4,7,10-12,14-15H2. The molecule has 1 heterocycles. The predicted molar refractivity (Wildman–Crippen MR) is 91.7 cm³/mol. The first-order valence-electron chi connectivity index (χ1n) is 8.64. The first-order valence-corrected chi connectivity index (χ1v) is 8.64. The lowest BCUT2D eigenvalue weighted by molar-refractivity contribution is -0.132. The van der Waals surface area contributed by atoms with E-state index in [9.17, 15) is 9.18 Å². The minimum absolute atomic E-state index is 0.0448. The lowest BCUT2D eigenvalue weighted by Gasteiger charge is -2.28. The maximum Gasteiger partial charge on any atom is 0.236 e. The molecule has 1 aromatic carbocycles. The van der Waals surface area contributed by atoms with Gasteiger partial charge in [-0.25, -0.2) is 4.39 Å². The van der Waals surface area contributed by atoms with Crippen molar-refractivity contribution in [3.05, 3.63) is 35.6 Å². The van der Waals surface area contributed by atoms with Gasteiger partial charge in [-0.3, -0.25) is 9.69 Å². The third kappa shape index (κ3) is 5.85. The number of nitrogens with zero attached hydrogens (tertiary/aromatic N) is 4. The minimum Gasteiger partial charge on any atom is -0.340 e. The zero-order chi connectivity index (χ0) is 18.1. The van der Waals surface area contributed by atoms with E-state index in [2.05, 4.69) is 4.90 Å². The summed E-state index contributed by atoms with van der Waals surface area (Å²) in [5.74, 6) is -0.283. The molecule has 1 atom stereocenters. The Balaban J connectivity index is 1.95. The van der Waals surface area contributed by atoms with Gasteiger partial charge < -0.3 is 4.90 Å². The maximum atomic E-state index is 13.4. The van der Waals surface area contributed by atoms with Gasteiger partial charge in [-0.1, -0.05) is 12.1 Å². The Kier molecular flexibility index (Phi) is 7.37. The molecule has 5 nitrogen and oxygen atoms in total. The van der Waals surface area contributed by atoms with Gasteiger partial charge in [0.1, 0.15) is 5.82 Å². The fraction of sp³-hybridized carbons (Fsp3) is 0.526. The SMILES string of the molecule is N#CCCN(CCC#N)C(=O)CN1CCCC1Cc1cccc(F)c1. The van der Waals surface area contributed by atoms with Crippen molar-refractivity contribution in [1.82, 2.24) is 9.80 Å². The highest BCUT2D eigenvalue weighted by Crippen LogP contribution is 2.21. The van der Waals surface area contributed by atoms with Crippen molar-refractivity contribution >= 4 is 5.91 Å². The van der Waals surface area contributed by atoms with Crippen LogP contribution < -0.4 is 0 Å². The molecular weight excluding hydrogens is 319 g/mol. The Hall–Kier alpha value is -2.44. The summed E-state index contributed by atoms with van der Waals surface area (Å²) in [5, 5.41) is 17.5. The second-order valence-electron chi connectivity index (χ2n) is 6.30. The predicted octanol–water partition coefficient (Wildman–Crippen LogP) is 2.49. The van der Waals surface area contributed by atoms with Crippen molar-refractivity contribution in [2.45, 2.75) is 38.1 Å². The number of hydrogen-bond acceptors (Lipinski definition) is 4. The van der Waals surface area contributed by atoms with E-state index in [0.717, 1.165) is 31.4 Å². The highest BCUT2D eigenvalue weighted by Gasteiger charge is 2.28. The van der Waals surface area contributed by atoms with E-state index in [1.807, 2.05) is 18.2 Å². The molecule has 6 heteroatoms. The van der Waals surface area contributed by atoms with Crippen molar-refractivity contribution in [2.24, 2.45) is 0 Å². The summed E-state index contributed by atoms with van der Waals surface area (Å²) in [7, 11) is 0. The van der Waals surface area contributed by atoms with Crippen molar-refractivity contribution in [3.63, 3.8) is 0 Å². The van der Waals surface area contributed by atoms with E-state index in [-0.39, 0.29) is 37.2 Å². The quantitative estimate of drug-likeness (QED) is 0.728. The normalized spacial score (nSPS) is 17.0. The van der Waals surface area contributed by atoms with Crippen LogP contribution in [0, 0.1) is 28.5 Å². The summed E-state index contributed by atoms with van der Waals surface area (Å²) < 4.78 is 13.4. The second-order valence-corrected chi connectivity index (χ2v) is 6.30. The molecule has 0 bridgehead atoms. The number of likely N-dealkylation sites (tertiary alicyclic amines) is 1. The van der Waals surface area contributed by atoms with Crippen LogP contribution in [0.1, 0.15) is 31.2 Å². The summed E-state index contributed by atoms with van der Waals surface area (Å²) in [6.07, 6.45) is 3.26. The average molecular weight is 342 g/mol. The fourth-order valence-electron chi connectivity index (χ4n) is 3.28. The average Bonchev–Trinajstić information content (AvgIpc) is 3.01. The molecule has 0 aromatic heterocycles. The van der Waals surface area contributed by atoms with E-state index < -0.39 is 0 Å². The van der Waals surface area contributed by atoms with Crippen LogP contribution in [0.5, 0.6) is 0 Å². The van der Waals surface area contributed by atoms with Crippen LogP contribution in [0.15, 0.2) is 24.3 Å². The zero-order valence-corrected chi connectivity index (χ0v) is 14.3. The largest absolute Gasteiger partial charge is 0.340 e. The van der Waals surface area contributed by atoms with E-state index in [1.165, 1.54) is 6.07 Å². The van der Waals surface area contributed by atoms with Gasteiger partial charge in [0.2, 0.25) is 5.91 Å². The van der Waals surface area contributed by atoms with Gasteiger partial charge in [-0.15, -0.1) is 0 Å². The number of rotatable bonds is 8. The lowest BCUT2D eigenvalue weighted by Crippen LogP contribution is -2.43. The number of carbonyl (C=O) groups is 1. The number of nitriles is 2. The molecule has 132 valence electrons. The minimum atomic E-state index is -0.239. The van der Waals surface area contributed by atoms with Crippen LogP contribution in [-0.4, -0.2) is 47.9 Å². The molecule has 1 aliphatic rings. The monoisotopic (exact) mass is 342 g/mol. The number of hydrogen-bond donors (Lipinski definition) is 0. The Labute approximate surface area is 148 Å². The van der Waals surface area contributed by atoms with Crippen LogP contribution in [0.2, 0.25) is 0 Å². The molecule has 1 amide bonds. The topological polar surface area (TPSA) is 71.1 Å². The third-order valence-corrected chi connectivity index (χ3v) is 4.54. The third-order valence-electron chi connectivity index (χ3n) is 4.54. The van der Waals surface area contributed by atoms with Gasteiger partial charge >= 0.3 is 0 Å². The number of benzene rings is 1. The number of amides is 1. The van der Waals surface area contributed by atoms with Crippen molar-refractivity contribution < 1.29 is 9.18 Å². The van der Waals surface area contributed by atoms with Crippen LogP contribution >= 0.6 is 0 Å². The first-order chi connectivity index (χ1) is 12.1. The molecule has 0 aliphatic carbocycles. The Bertz CT molecular complexity index is 646. The summed E-state index contributed by atoms with van der Waals surface area (Å²) in [5.41, 5.74) is 0.940. The van der Waals surface area contributed by atoms with Crippen molar-refractivity contribution in [3.8, 4) is 12.1 Å². The molecular formula is C19H23FN4O. The van der Waals surface area contributed by atoms with Crippen LogP contribution in [0.25, 0.3) is 0 Å². The molecule has 1 aliphatic heterocycles. The molecule has 0 N–H and O–H groups in total. The fourth-order valence-corrected chi connectivity index (χ4v) is 3.28. The molecule has 1 saturated heterocycles. The Morgan fingerprint density at radius 3 is 2.64 bits per heavy atom. The van der Waals surface area contributed by atoms with Crippen LogP contribution in [0.4, 0.5) is 4.39 Å².